The van der Waals surface area contributed by atoms with Crippen molar-refractivity contribution in [1.82, 2.24) is 4.90 Å². The van der Waals surface area contributed by atoms with Crippen LogP contribution in [0.15, 0.2) is 0 Å². The lowest BCUT2D eigenvalue weighted by Gasteiger charge is -2.36. The van der Waals surface area contributed by atoms with Crippen molar-refractivity contribution in [2.24, 2.45) is 10.8 Å². The van der Waals surface area contributed by atoms with E-state index in [0.29, 0.717) is 34.7 Å². The van der Waals surface area contributed by atoms with Gasteiger partial charge in [0.1, 0.15) is 5.78 Å². The summed E-state index contributed by atoms with van der Waals surface area (Å²) in [5.41, 5.74) is 0.850. The molecule has 16 heavy (non-hydrogen) atoms. The second-order valence-electron chi connectivity index (χ2n) is 7.13. The standard InChI is InChI=1S/C14H23NO/c1-13(2)12(14(13,3)4)15-9-5-6-10(15)8-11(16)7-9/h9-10,12H,5-8H2,1-4H3. The lowest BCUT2D eigenvalue weighted by molar-refractivity contribution is -0.124. The zero-order valence-electron chi connectivity index (χ0n) is 10.9. The molecule has 0 amide bonds. The third-order valence-electron chi connectivity index (χ3n) is 5.85. The number of fused-ring (bicyclic) bond motifs is 2. The second kappa shape index (κ2) is 2.90. The number of ketones is 1. The van der Waals surface area contributed by atoms with Gasteiger partial charge in [0, 0.05) is 31.0 Å². The highest BCUT2D eigenvalue weighted by Crippen LogP contribution is 2.67. The van der Waals surface area contributed by atoms with Crippen molar-refractivity contribution in [2.75, 3.05) is 0 Å². The average Bonchev–Trinajstić information content (AvgIpc) is 2.45. The van der Waals surface area contributed by atoms with Gasteiger partial charge in [0.2, 0.25) is 0 Å². The zero-order valence-corrected chi connectivity index (χ0v) is 10.9. The fourth-order valence-electron chi connectivity index (χ4n) is 4.33. The maximum atomic E-state index is 11.6. The third-order valence-corrected chi connectivity index (χ3v) is 5.85. The Balaban J connectivity index is 1.86. The molecule has 3 fully saturated rings. The molecule has 1 saturated carbocycles. The predicted octanol–water partition coefficient (Wildman–Crippen LogP) is 2.62. The van der Waals surface area contributed by atoms with Crippen molar-refractivity contribution in [3.05, 3.63) is 0 Å². The summed E-state index contributed by atoms with van der Waals surface area (Å²) in [6.07, 6.45) is 4.14. The summed E-state index contributed by atoms with van der Waals surface area (Å²) in [6, 6.07) is 1.83. The highest BCUT2D eigenvalue weighted by Gasteiger charge is 2.69. The molecule has 2 unspecified atom stereocenters. The highest BCUT2D eigenvalue weighted by molar-refractivity contribution is 5.81. The quantitative estimate of drug-likeness (QED) is 0.678. The van der Waals surface area contributed by atoms with Crippen LogP contribution in [0.3, 0.4) is 0 Å². The molecule has 0 aromatic rings. The molecule has 2 atom stereocenters. The Morgan fingerprint density at radius 1 is 1.00 bits per heavy atom. The molecule has 1 aliphatic carbocycles. The number of hydrogen-bond donors (Lipinski definition) is 0. The molecule has 0 aromatic carbocycles. The average molecular weight is 221 g/mol. The van der Waals surface area contributed by atoms with E-state index in [9.17, 15) is 4.79 Å². The molecule has 3 rings (SSSR count). The number of carbonyl (C=O) groups is 1. The first-order chi connectivity index (χ1) is 7.35. The Bertz CT molecular complexity index is 315. The molecule has 2 nitrogen and oxygen atoms in total. The number of Topliss-reactive ketones (excluding diaryl/α,β-unsaturated/α-hetero) is 1. The van der Waals surface area contributed by atoms with E-state index in [4.69, 9.17) is 0 Å². The Morgan fingerprint density at radius 3 is 1.81 bits per heavy atom. The summed E-state index contributed by atoms with van der Waals surface area (Å²) in [7, 11) is 0. The molecule has 2 saturated heterocycles. The van der Waals surface area contributed by atoms with Gasteiger partial charge in [-0.3, -0.25) is 9.69 Å². The maximum absolute atomic E-state index is 11.6. The molecule has 0 aromatic heterocycles. The monoisotopic (exact) mass is 221 g/mol. The number of carbonyl (C=O) groups excluding carboxylic acids is 1. The fraction of sp³-hybridized carbons (Fsp3) is 0.929. The summed E-state index contributed by atoms with van der Waals surface area (Å²) in [5, 5.41) is 0. The summed E-state index contributed by atoms with van der Waals surface area (Å²) >= 11 is 0. The first kappa shape index (κ1) is 10.8. The SMILES string of the molecule is CC1(C)C(N2C3CCC2CC(=O)C3)C1(C)C. The van der Waals surface area contributed by atoms with Gasteiger partial charge in [0.25, 0.3) is 0 Å². The van der Waals surface area contributed by atoms with Crippen LogP contribution < -0.4 is 0 Å². The van der Waals surface area contributed by atoms with E-state index in [2.05, 4.69) is 32.6 Å². The Hall–Kier alpha value is -0.370. The number of piperidine rings is 1. The molecule has 2 heteroatoms. The third kappa shape index (κ3) is 1.14. The van der Waals surface area contributed by atoms with Crippen LogP contribution in [0.2, 0.25) is 0 Å². The first-order valence-corrected chi connectivity index (χ1v) is 6.65. The van der Waals surface area contributed by atoms with E-state index in [-0.39, 0.29) is 0 Å². The minimum absolute atomic E-state index is 0.425. The summed E-state index contributed by atoms with van der Waals surface area (Å²) in [5.74, 6) is 0.500. The Kier molecular flexibility index (Phi) is 1.95. The minimum atomic E-state index is 0.425. The molecule has 3 aliphatic rings. The topological polar surface area (TPSA) is 20.3 Å². The van der Waals surface area contributed by atoms with E-state index in [0.717, 1.165) is 12.8 Å². The number of hydrogen-bond acceptors (Lipinski definition) is 2. The lowest BCUT2D eigenvalue weighted by Crippen LogP contribution is -2.46. The van der Waals surface area contributed by atoms with Crippen molar-refractivity contribution in [3.63, 3.8) is 0 Å². The van der Waals surface area contributed by atoms with Crippen LogP contribution in [0.4, 0.5) is 0 Å². The van der Waals surface area contributed by atoms with Gasteiger partial charge >= 0.3 is 0 Å². The van der Waals surface area contributed by atoms with Gasteiger partial charge in [-0.25, -0.2) is 0 Å². The van der Waals surface area contributed by atoms with Crippen molar-refractivity contribution < 1.29 is 4.79 Å². The normalized spacial score (nSPS) is 41.4. The second-order valence-corrected chi connectivity index (χ2v) is 7.13. The van der Waals surface area contributed by atoms with Crippen LogP contribution in [-0.2, 0) is 4.79 Å². The Labute approximate surface area is 98.4 Å². The van der Waals surface area contributed by atoms with Crippen molar-refractivity contribution in [3.8, 4) is 0 Å². The molecule has 0 radical (unpaired) electrons. The van der Waals surface area contributed by atoms with Crippen molar-refractivity contribution >= 4 is 5.78 Å². The molecule has 2 bridgehead atoms. The van der Waals surface area contributed by atoms with Crippen LogP contribution in [0.5, 0.6) is 0 Å². The molecular formula is C14H23NO. The van der Waals surface area contributed by atoms with Gasteiger partial charge in [-0.1, -0.05) is 27.7 Å². The molecular weight excluding hydrogens is 198 g/mol. The van der Waals surface area contributed by atoms with Crippen molar-refractivity contribution in [2.45, 2.75) is 71.5 Å². The van der Waals surface area contributed by atoms with Crippen LogP contribution in [0.1, 0.15) is 53.4 Å². The lowest BCUT2D eigenvalue weighted by atomic mass is 10.00. The Morgan fingerprint density at radius 2 is 1.44 bits per heavy atom. The van der Waals surface area contributed by atoms with Crippen LogP contribution in [0.25, 0.3) is 0 Å². The summed E-state index contributed by atoms with van der Waals surface area (Å²) in [6.45, 7) is 9.53. The van der Waals surface area contributed by atoms with E-state index >= 15 is 0 Å². The number of rotatable bonds is 1. The molecule has 90 valence electrons. The maximum Gasteiger partial charge on any atom is 0.136 e. The van der Waals surface area contributed by atoms with Gasteiger partial charge in [0.15, 0.2) is 0 Å². The fourth-order valence-corrected chi connectivity index (χ4v) is 4.33. The summed E-state index contributed by atoms with van der Waals surface area (Å²) in [4.78, 5) is 14.3. The molecule has 0 spiro atoms. The molecule has 2 aliphatic heterocycles. The van der Waals surface area contributed by atoms with Gasteiger partial charge in [-0.15, -0.1) is 0 Å². The largest absolute Gasteiger partial charge is 0.300 e. The molecule has 2 heterocycles. The van der Waals surface area contributed by atoms with Crippen molar-refractivity contribution in [1.29, 1.82) is 0 Å². The van der Waals surface area contributed by atoms with Gasteiger partial charge < -0.3 is 0 Å². The van der Waals surface area contributed by atoms with Gasteiger partial charge in [-0.05, 0) is 23.7 Å². The number of nitrogens with zero attached hydrogens (tertiary/aromatic N) is 1. The smallest absolute Gasteiger partial charge is 0.136 e. The van der Waals surface area contributed by atoms with E-state index in [1.54, 1.807) is 0 Å². The predicted molar refractivity (Wildman–Crippen MR) is 64.2 cm³/mol. The van der Waals surface area contributed by atoms with Crippen LogP contribution in [-0.4, -0.2) is 28.8 Å². The van der Waals surface area contributed by atoms with Crippen LogP contribution in [0, 0.1) is 10.8 Å². The van der Waals surface area contributed by atoms with E-state index in [1.807, 2.05) is 0 Å². The van der Waals surface area contributed by atoms with E-state index in [1.165, 1.54) is 12.8 Å². The first-order valence-electron chi connectivity index (χ1n) is 6.65. The highest BCUT2D eigenvalue weighted by atomic mass is 16.1. The van der Waals surface area contributed by atoms with Crippen LogP contribution >= 0.6 is 0 Å². The van der Waals surface area contributed by atoms with Gasteiger partial charge in [0.05, 0.1) is 0 Å². The summed E-state index contributed by atoms with van der Waals surface area (Å²) < 4.78 is 0. The van der Waals surface area contributed by atoms with E-state index < -0.39 is 0 Å². The minimum Gasteiger partial charge on any atom is -0.300 e. The molecule has 0 N–H and O–H groups in total. The van der Waals surface area contributed by atoms with Gasteiger partial charge in [-0.2, -0.15) is 0 Å². The zero-order chi connectivity index (χ0) is 11.7.